The molecule has 1 aromatic carbocycles. The average molecular weight is 214 g/mol. The van der Waals surface area contributed by atoms with Gasteiger partial charge in [0.15, 0.2) is 0 Å². The van der Waals surface area contributed by atoms with Crippen LogP contribution in [0.3, 0.4) is 0 Å². The van der Waals surface area contributed by atoms with E-state index in [-0.39, 0.29) is 11.8 Å². The van der Waals surface area contributed by atoms with Gasteiger partial charge in [0.25, 0.3) is 11.8 Å². The van der Waals surface area contributed by atoms with Crippen molar-refractivity contribution < 1.29 is 9.59 Å². The molecule has 6 nitrogen and oxygen atoms in total. The number of amides is 2. The maximum atomic E-state index is 11.3. The number of rotatable bonds is 2. The van der Waals surface area contributed by atoms with E-state index in [0.29, 0.717) is 11.4 Å². The topological polar surface area (TPSA) is 86.1 Å². The van der Waals surface area contributed by atoms with Crippen LogP contribution in [0.2, 0.25) is 0 Å². The highest BCUT2D eigenvalue weighted by Gasteiger charge is 2.24. The van der Waals surface area contributed by atoms with Gasteiger partial charge in [-0.3, -0.25) is 9.59 Å². The Bertz CT molecular complexity index is 508. The molecule has 1 aliphatic heterocycles. The molecule has 0 atom stereocenters. The zero-order valence-corrected chi connectivity index (χ0v) is 8.07. The van der Waals surface area contributed by atoms with Crippen molar-refractivity contribution in [1.29, 1.82) is 0 Å². The molecule has 0 unspecified atom stereocenters. The number of hydrogen-bond acceptors (Lipinski definition) is 3. The number of carbonyl (C=O) groups is 2. The summed E-state index contributed by atoms with van der Waals surface area (Å²) in [4.78, 5) is 26.3. The van der Waals surface area contributed by atoms with E-state index in [1.54, 1.807) is 12.1 Å². The summed E-state index contributed by atoms with van der Waals surface area (Å²) in [7, 11) is 0. The van der Waals surface area contributed by atoms with Crippen molar-refractivity contribution >= 4 is 23.2 Å². The van der Waals surface area contributed by atoms with Crippen LogP contribution in [0.25, 0.3) is 10.4 Å². The molecule has 0 saturated carbocycles. The number of imide groups is 1. The van der Waals surface area contributed by atoms with E-state index in [1.807, 2.05) is 0 Å². The van der Waals surface area contributed by atoms with E-state index in [4.69, 9.17) is 5.53 Å². The fourth-order valence-corrected chi connectivity index (χ4v) is 1.37. The van der Waals surface area contributed by atoms with E-state index in [9.17, 15) is 9.59 Å². The van der Waals surface area contributed by atoms with E-state index in [2.05, 4.69) is 10.0 Å². The Balaban J connectivity index is 2.32. The van der Waals surface area contributed by atoms with Gasteiger partial charge >= 0.3 is 0 Å². The second-order valence-electron chi connectivity index (χ2n) is 3.05. The minimum atomic E-state index is -0.374. The van der Waals surface area contributed by atoms with Crippen LogP contribution in [0.5, 0.6) is 0 Å². The highest BCUT2D eigenvalue weighted by atomic mass is 16.2. The Labute approximate surface area is 90.4 Å². The maximum absolute atomic E-state index is 11.3. The monoisotopic (exact) mass is 214 g/mol. The van der Waals surface area contributed by atoms with Gasteiger partial charge in [-0.25, -0.2) is 4.90 Å². The first-order valence-corrected chi connectivity index (χ1v) is 4.43. The van der Waals surface area contributed by atoms with Gasteiger partial charge in [-0.1, -0.05) is 17.2 Å². The fourth-order valence-electron chi connectivity index (χ4n) is 1.37. The highest BCUT2D eigenvalue weighted by molar-refractivity contribution is 6.28. The van der Waals surface area contributed by atoms with Crippen molar-refractivity contribution in [2.45, 2.75) is 0 Å². The number of azide groups is 1. The van der Waals surface area contributed by atoms with Crippen molar-refractivity contribution in [2.75, 3.05) is 4.90 Å². The SMILES string of the molecule is [N-]=[N+]=Nc1ccc(N2C(=O)C=CC2=O)cc1. The van der Waals surface area contributed by atoms with Crippen molar-refractivity contribution in [3.63, 3.8) is 0 Å². The summed E-state index contributed by atoms with van der Waals surface area (Å²) in [5, 5.41) is 3.39. The third-order valence-corrected chi connectivity index (χ3v) is 2.08. The number of hydrogen-bond donors (Lipinski definition) is 0. The summed E-state index contributed by atoms with van der Waals surface area (Å²) in [6, 6.07) is 6.17. The normalized spacial score (nSPS) is 14.1. The summed E-state index contributed by atoms with van der Waals surface area (Å²) in [6.07, 6.45) is 2.42. The summed E-state index contributed by atoms with van der Waals surface area (Å²) >= 11 is 0. The van der Waals surface area contributed by atoms with Gasteiger partial charge in [-0.2, -0.15) is 0 Å². The number of nitrogens with zero attached hydrogens (tertiary/aromatic N) is 4. The lowest BCUT2D eigenvalue weighted by atomic mass is 10.2. The molecule has 2 amide bonds. The minimum absolute atomic E-state index is 0.374. The fraction of sp³-hybridized carbons (Fsp3) is 0. The van der Waals surface area contributed by atoms with Crippen LogP contribution < -0.4 is 4.90 Å². The predicted octanol–water partition coefficient (Wildman–Crippen LogP) is 2.06. The molecule has 16 heavy (non-hydrogen) atoms. The van der Waals surface area contributed by atoms with Crippen molar-refractivity contribution in [3.05, 3.63) is 46.9 Å². The van der Waals surface area contributed by atoms with Gasteiger partial charge in [-0.15, -0.1) is 0 Å². The lowest BCUT2D eigenvalue weighted by molar-refractivity contribution is -0.119. The van der Waals surface area contributed by atoms with Gasteiger partial charge in [0, 0.05) is 22.8 Å². The summed E-state index contributed by atoms with van der Waals surface area (Å²) in [5.41, 5.74) is 9.10. The zero-order valence-electron chi connectivity index (χ0n) is 8.07. The molecule has 2 rings (SSSR count). The summed E-state index contributed by atoms with van der Waals surface area (Å²) in [6.45, 7) is 0. The van der Waals surface area contributed by atoms with Gasteiger partial charge in [0.05, 0.1) is 5.69 Å². The van der Waals surface area contributed by atoms with Crippen LogP contribution >= 0.6 is 0 Å². The van der Waals surface area contributed by atoms with Crippen LogP contribution in [-0.4, -0.2) is 11.8 Å². The second kappa shape index (κ2) is 3.88. The smallest absolute Gasteiger partial charge is 0.258 e. The molecule has 1 aromatic rings. The van der Waals surface area contributed by atoms with Crippen LogP contribution in [0.1, 0.15) is 0 Å². The molecule has 0 aromatic heterocycles. The third kappa shape index (κ3) is 1.65. The molecule has 0 fully saturated rings. The first-order valence-electron chi connectivity index (χ1n) is 4.43. The van der Waals surface area contributed by atoms with Crippen molar-refractivity contribution in [2.24, 2.45) is 5.11 Å². The standard InChI is InChI=1S/C10H6N4O2/c11-13-12-7-1-3-8(4-2-7)14-9(15)5-6-10(14)16/h1-6H. The third-order valence-electron chi connectivity index (χ3n) is 2.08. The molecule has 0 saturated heterocycles. The van der Waals surface area contributed by atoms with Crippen molar-refractivity contribution in [1.82, 2.24) is 0 Å². The summed E-state index contributed by atoms with van der Waals surface area (Å²) in [5.74, 6) is -0.747. The lowest BCUT2D eigenvalue weighted by Gasteiger charge is -2.13. The van der Waals surface area contributed by atoms with E-state index in [1.165, 1.54) is 24.3 Å². The van der Waals surface area contributed by atoms with Crippen LogP contribution in [0.4, 0.5) is 11.4 Å². The van der Waals surface area contributed by atoms with Gasteiger partial charge in [-0.05, 0) is 17.7 Å². The Kier molecular flexibility index (Phi) is 2.41. The second-order valence-corrected chi connectivity index (χ2v) is 3.05. The molecular weight excluding hydrogens is 208 g/mol. The first kappa shape index (κ1) is 9.95. The molecule has 78 valence electrons. The van der Waals surface area contributed by atoms with Crippen LogP contribution in [0, 0.1) is 0 Å². The number of benzene rings is 1. The maximum Gasteiger partial charge on any atom is 0.258 e. The quantitative estimate of drug-likeness (QED) is 0.326. The highest BCUT2D eigenvalue weighted by Crippen LogP contribution is 2.22. The molecular formula is C10H6N4O2. The van der Waals surface area contributed by atoms with Gasteiger partial charge in [0.2, 0.25) is 0 Å². The number of anilines is 1. The molecule has 1 heterocycles. The first-order chi connectivity index (χ1) is 7.72. The molecule has 0 radical (unpaired) electrons. The van der Waals surface area contributed by atoms with E-state index >= 15 is 0 Å². The molecule has 1 aliphatic rings. The molecule has 6 heteroatoms. The predicted molar refractivity (Wildman–Crippen MR) is 56.9 cm³/mol. The average Bonchev–Trinajstić information content (AvgIpc) is 2.61. The number of carbonyl (C=O) groups excluding carboxylic acids is 2. The van der Waals surface area contributed by atoms with Crippen molar-refractivity contribution in [3.8, 4) is 0 Å². The van der Waals surface area contributed by atoms with Gasteiger partial charge in [0.1, 0.15) is 0 Å². The Hall–Kier alpha value is -2.59. The molecule has 0 aliphatic carbocycles. The lowest BCUT2D eigenvalue weighted by Crippen LogP contribution is -2.29. The minimum Gasteiger partial charge on any atom is -0.269 e. The van der Waals surface area contributed by atoms with E-state index < -0.39 is 0 Å². The zero-order chi connectivity index (χ0) is 11.5. The molecule has 0 bridgehead atoms. The Morgan fingerprint density at radius 1 is 1.06 bits per heavy atom. The largest absolute Gasteiger partial charge is 0.269 e. The molecule has 0 spiro atoms. The Morgan fingerprint density at radius 2 is 1.62 bits per heavy atom. The van der Waals surface area contributed by atoms with Crippen LogP contribution in [-0.2, 0) is 9.59 Å². The van der Waals surface area contributed by atoms with Crippen LogP contribution in [0.15, 0.2) is 41.5 Å². The van der Waals surface area contributed by atoms with E-state index in [0.717, 1.165) is 4.90 Å². The van der Waals surface area contributed by atoms with Gasteiger partial charge < -0.3 is 0 Å². The Morgan fingerprint density at radius 3 is 2.12 bits per heavy atom. The molecule has 0 N–H and O–H groups in total. The summed E-state index contributed by atoms with van der Waals surface area (Å²) < 4.78 is 0.